The van der Waals surface area contributed by atoms with Gasteiger partial charge in [-0.2, -0.15) is 10.2 Å². The SMILES string of the molecule is COCCNc1cc(Nc2cc(Oc3cnc(C#N)cc3C)nc3c2ncn3C)ncn1. The highest BCUT2D eigenvalue weighted by molar-refractivity contribution is 5.88. The summed E-state index contributed by atoms with van der Waals surface area (Å²) in [5.74, 6) is 2.11. The van der Waals surface area contributed by atoms with Crippen LogP contribution in [0, 0.1) is 18.3 Å². The molecule has 0 radical (unpaired) electrons. The van der Waals surface area contributed by atoms with Crippen LogP contribution in [-0.2, 0) is 11.8 Å². The molecule has 0 aliphatic rings. The molecule has 2 N–H and O–H groups in total. The fraction of sp³-hybridized carbons (Fsp3) is 0.238. The standard InChI is InChI=1S/C21H21N9O2/c1-13-6-14(9-22)24-10-16(13)32-19-7-15(20-21(29-19)30(2)12-27-20)28-18-8-17(25-11-26-18)23-4-5-31-3/h6-8,10-12H,4-5H2,1-3H3,(H2,23,25,26,28,29). The van der Waals surface area contributed by atoms with Crippen molar-refractivity contribution in [2.75, 3.05) is 30.9 Å². The number of aromatic nitrogens is 6. The molecule has 0 bridgehead atoms. The number of nitrogens with zero attached hydrogens (tertiary/aromatic N) is 7. The number of fused-ring (bicyclic) bond motifs is 1. The maximum Gasteiger partial charge on any atom is 0.223 e. The summed E-state index contributed by atoms with van der Waals surface area (Å²) in [6.45, 7) is 3.04. The zero-order valence-electron chi connectivity index (χ0n) is 17.8. The van der Waals surface area contributed by atoms with Crippen LogP contribution in [-0.4, -0.2) is 49.7 Å². The number of hydrogen-bond donors (Lipinski definition) is 2. The number of aryl methyl sites for hydroxylation is 2. The number of imidazole rings is 1. The Kier molecular flexibility index (Phi) is 6.05. The fourth-order valence-electron chi connectivity index (χ4n) is 2.99. The topological polar surface area (TPSA) is 136 Å². The van der Waals surface area contributed by atoms with Gasteiger partial charge in [0.2, 0.25) is 5.88 Å². The van der Waals surface area contributed by atoms with E-state index in [1.165, 1.54) is 12.5 Å². The molecule has 4 heterocycles. The Morgan fingerprint density at radius 1 is 1.12 bits per heavy atom. The number of methoxy groups -OCH3 is 1. The molecule has 0 saturated carbocycles. The molecule has 0 unspecified atom stereocenters. The number of anilines is 3. The van der Waals surface area contributed by atoms with Crippen LogP contribution in [0.3, 0.4) is 0 Å². The van der Waals surface area contributed by atoms with E-state index in [-0.39, 0.29) is 0 Å². The number of rotatable bonds is 8. The number of hydrogen-bond acceptors (Lipinski definition) is 10. The molecule has 0 fully saturated rings. The van der Waals surface area contributed by atoms with E-state index in [1.807, 2.05) is 20.0 Å². The lowest BCUT2D eigenvalue weighted by molar-refractivity contribution is 0.210. The molecule has 0 aliphatic carbocycles. The van der Waals surface area contributed by atoms with Gasteiger partial charge in [0, 0.05) is 32.8 Å². The van der Waals surface area contributed by atoms with Crippen LogP contribution in [0.5, 0.6) is 11.6 Å². The summed E-state index contributed by atoms with van der Waals surface area (Å²) in [5, 5.41) is 15.5. The molecule has 32 heavy (non-hydrogen) atoms. The number of nitrogens with one attached hydrogen (secondary N) is 2. The summed E-state index contributed by atoms with van der Waals surface area (Å²) < 4.78 is 12.8. The average Bonchev–Trinajstić information content (AvgIpc) is 3.16. The molecule has 0 saturated heterocycles. The van der Waals surface area contributed by atoms with Crippen LogP contribution in [0.2, 0.25) is 0 Å². The highest BCUT2D eigenvalue weighted by Gasteiger charge is 2.14. The van der Waals surface area contributed by atoms with Gasteiger partial charge in [-0.3, -0.25) is 0 Å². The molecule has 4 aromatic rings. The van der Waals surface area contributed by atoms with Crippen LogP contribution < -0.4 is 15.4 Å². The van der Waals surface area contributed by atoms with Gasteiger partial charge in [-0.25, -0.2) is 19.9 Å². The van der Waals surface area contributed by atoms with E-state index < -0.39 is 0 Å². The first-order chi connectivity index (χ1) is 15.6. The number of nitriles is 1. The first kappa shape index (κ1) is 21.0. The van der Waals surface area contributed by atoms with Gasteiger partial charge in [0.15, 0.2) is 11.4 Å². The van der Waals surface area contributed by atoms with Gasteiger partial charge < -0.3 is 24.7 Å². The van der Waals surface area contributed by atoms with E-state index in [0.717, 1.165) is 5.56 Å². The smallest absolute Gasteiger partial charge is 0.223 e. The highest BCUT2D eigenvalue weighted by atomic mass is 16.5. The van der Waals surface area contributed by atoms with Crippen molar-refractivity contribution in [1.29, 1.82) is 5.26 Å². The van der Waals surface area contributed by atoms with Crippen molar-refractivity contribution in [3.05, 3.63) is 48.3 Å². The summed E-state index contributed by atoms with van der Waals surface area (Å²) in [6.07, 6.45) is 4.66. The molecule has 11 nitrogen and oxygen atoms in total. The Labute approximate surface area is 184 Å². The molecule has 0 spiro atoms. The Morgan fingerprint density at radius 2 is 1.97 bits per heavy atom. The van der Waals surface area contributed by atoms with Crippen molar-refractivity contribution in [2.45, 2.75) is 6.92 Å². The minimum atomic E-state index is 0.325. The summed E-state index contributed by atoms with van der Waals surface area (Å²) in [7, 11) is 3.50. The second kappa shape index (κ2) is 9.23. The van der Waals surface area contributed by atoms with E-state index in [1.54, 1.807) is 36.2 Å². The molecule has 0 atom stereocenters. The van der Waals surface area contributed by atoms with Crippen molar-refractivity contribution in [1.82, 2.24) is 29.5 Å². The Hall–Kier alpha value is -4.30. The third-order valence-electron chi connectivity index (χ3n) is 4.58. The third kappa shape index (κ3) is 4.55. The molecular formula is C21H21N9O2. The van der Waals surface area contributed by atoms with Crippen molar-refractivity contribution in [3.8, 4) is 17.7 Å². The van der Waals surface area contributed by atoms with E-state index in [4.69, 9.17) is 14.7 Å². The maximum absolute atomic E-state index is 9.02. The van der Waals surface area contributed by atoms with Crippen molar-refractivity contribution in [3.63, 3.8) is 0 Å². The average molecular weight is 431 g/mol. The second-order valence-corrected chi connectivity index (χ2v) is 6.92. The zero-order valence-corrected chi connectivity index (χ0v) is 17.8. The van der Waals surface area contributed by atoms with Crippen LogP contribution >= 0.6 is 0 Å². The van der Waals surface area contributed by atoms with Gasteiger partial charge >= 0.3 is 0 Å². The van der Waals surface area contributed by atoms with E-state index in [2.05, 4.69) is 35.6 Å². The minimum absolute atomic E-state index is 0.325. The lowest BCUT2D eigenvalue weighted by Gasteiger charge is -2.12. The quantitative estimate of drug-likeness (QED) is 0.401. The maximum atomic E-state index is 9.02. The predicted octanol–water partition coefficient (Wildman–Crippen LogP) is 2.93. The fourth-order valence-corrected chi connectivity index (χ4v) is 2.99. The second-order valence-electron chi connectivity index (χ2n) is 6.92. The Bertz CT molecular complexity index is 1300. The van der Waals surface area contributed by atoms with Gasteiger partial charge in [0.1, 0.15) is 35.2 Å². The molecule has 11 heteroatoms. The van der Waals surface area contributed by atoms with Gasteiger partial charge in [-0.15, -0.1) is 0 Å². The molecule has 0 aromatic carbocycles. The first-order valence-corrected chi connectivity index (χ1v) is 9.76. The summed E-state index contributed by atoms with van der Waals surface area (Å²) >= 11 is 0. The predicted molar refractivity (Wildman–Crippen MR) is 118 cm³/mol. The summed E-state index contributed by atoms with van der Waals surface area (Å²) in [6, 6.07) is 7.21. The lowest BCUT2D eigenvalue weighted by atomic mass is 10.2. The van der Waals surface area contributed by atoms with Crippen molar-refractivity contribution >= 4 is 28.5 Å². The zero-order chi connectivity index (χ0) is 22.5. The van der Waals surface area contributed by atoms with Gasteiger partial charge in [0.05, 0.1) is 24.8 Å². The van der Waals surface area contributed by atoms with Gasteiger partial charge in [-0.1, -0.05) is 0 Å². The van der Waals surface area contributed by atoms with Crippen LogP contribution in [0.25, 0.3) is 11.2 Å². The number of pyridine rings is 2. The first-order valence-electron chi connectivity index (χ1n) is 9.76. The van der Waals surface area contributed by atoms with Gasteiger partial charge in [0.25, 0.3) is 0 Å². The molecular weight excluding hydrogens is 410 g/mol. The van der Waals surface area contributed by atoms with E-state index in [0.29, 0.717) is 59.0 Å². The monoisotopic (exact) mass is 431 g/mol. The summed E-state index contributed by atoms with van der Waals surface area (Å²) in [5.41, 5.74) is 3.08. The Morgan fingerprint density at radius 3 is 2.75 bits per heavy atom. The minimum Gasteiger partial charge on any atom is -0.437 e. The van der Waals surface area contributed by atoms with E-state index in [9.17, 15) is 0 Å². The molecule has 0 amide bonds. The number of ether oxygens (including phenoxy) is 2. The van der Waals surface area contributed by atoms with Crippen LogP contribution in [0.4, 0.5) is 17.3 Å². The van der Waals surface area contributed by atoms with Crippen molar-refractivity contribution < 1.29 is 9.47 Å². The largest absolute Gasteiger partial charge is 0.437 e. The normalized spacial score (nSPS) is 10.7. The highest BCUT2D eigenvalue weighted by Crippen LogP contribution is 2.31. The Balaban J connectivity index is 1.65. The lowest BCUT2D eigenvalue weighted by Crippen LogP contribution is -2.09. The molecule has 162 valence electrons. The van der Waals surface area contributed by atoms with Crippen LogP contribution in [0.15, 0.2) is 37.1 Å². The van der Waals surface area contributed by atoms with Crippen LogP contribution in [0.1, 0.15) is 11.3 Å². The molecule has 4 rings (SSSR count). The van der Waals surface area contributed by atoms with Gasteiger partial charge in [-0.05, 0) is 18.6 Å². The van der Waals surface area contributed by atoms with E-state index >= 15 is 0 Å². The molecule has 4 aromatic heterocycles. The third-order valence-corrected chi connectivity index (χ3v) is 4.58. The summed E-state index contributed by atoms with van der Waals surface area (Å²) in [4.78, 5) is 21.6. The molecule has 0 aliphatic heterocycles. The van der Waals surface area contributed by atoms with Crippen molar-refractivity contribution in [2.24, 2.45) is 7.05 Å².